The molecule has 4 rings (SSSR count). The molecule has 9 nitrogen and oxygen atoms in total. The van der Waals surface area contributed by atoms with Gasteiger partial charge in [0.15, 0.2) is 0 Å². The standard InChI is InChI=1S/C27H26N6O3/c1-17-16-23(33(32-17)27-29-19(3)18(2)24(34)31-27)30-26(36)25(35)28-15-14-22(20-10-6-4-7-11-20)21-12-8-5-9-13-21/h4-13,16,22H,2,14-15H2,1,3H3,(H,28,35)(H,30,36). The summed E-state index contributed by atoms with van der Waals surface area (Å²) in [5.74, 6) is -1.95. The fraction of sp³-hybridized carbons (Fsp3) is 0.185. The van der Waals surface area contributed by atoms with Crippen molar-refractivity contribution < 1.29 is 14.4 Å². The Morgan fingerprint density at radius 1 is 0.944 bits per heavy atom. The van der Waals surface area contributed by atoms with Gasteiger partial charge in [-0.3, -0.25) is 14.4 Å². The third-order valence-electron chi connectivity index (χ3n) is 5.76. The topological polar surface area (TPSA) is 118 Å². The van der Waals surface area contributed by atoms with E-state index in [1.807, 2.05) is 60.7 Å². The van der Waals surface area contributed by atoms with Gasteiger partial charge in [0, 0.05) is 18.5 Å². The normalized spacial score (nSPS) is 13.3. The van der Waals surface area contributed by atoms with Crippen LogP contribution in [0.1, 0.15) is 36.1 Å². The number of hydrogen-bond donors (Lipinski definition) is 2. The Kier molecular flexibility index (Phi) is 7.29. The van der Waals surface area contributed by atoms with Gasteiger partial charge in [-0.05, 0) is 31.4 Å². The fourth-order valence-corrected chi connectivity index (χ4v) is 3.87. The van der Waals surface area contributed by atoms with E-state index in [1.54, 1.807) is 19.9 Å². The molecular weight excluding hydrogens is 456 g/mol. The molecule has 0 fully saturated rings. The summed E-state index contributed by atoms with van der Waals surface area (Å²) in [6, 6.07) is 21.6. The Balaban J connectivity index is 1.42. The zero-order valence-corrected chi connectivity index (χ0v) is 20.1. The van der Waals surface area contributed by atoms with Crippen LogP contribution in [0.3, 0.4) is 0 Å². The quantitative estimate of drug-likeness (QED) is 0.414. The van der Waals surface area contributed by atoms with Crippen LogP contribution in [0.5, 0.6) is 0 Å². The van der Waals surface area contributed by atoms with Crippen molar-refractivity contribution in [3.8, 4) is 0 Å². The minimum Gasteiger partial charge on any atom is -0.348 e. The van der Waals surface area contributed by atoms with E-state index in [9.17, 15) is 14.4 Å². The minimum absolute atomic E-state index is 0.0118. The van der Waals surface area contributed by atoms with Gasteiger partial charge in [-0.1, -0.05) is 67.2 Å². The molecule has 1 aliphatic rings. The van der Waals surface area contributed by atoms with Gasteiger partial charge in [0.25, 0.3) is 11.9 Å². The van der Waals surface area contributed by atoms with Crippen molar-refractivity contribution in [2.75, 3.05) is 11.9 Å². The van der Waals surface area contributed by atoms with Crippen molar-refractivity contribution in [2.24, 2.45) is 9.98 Å². The second kappa shape index (κ2) is 10.7. The van der Waals surface area contributed by atoms with E-state index < -0.39 is 17.7 Å². The lowest BCUT2D eigenvalue weighted by molar-refractivity contribution is -0.136. The van der Waals surface area contributed by atoms with Gasteiger partial charge in [-0.2, -0.15) is 14.8 Å². The zero-order valence-electron chi connectivity index (χ0n) is 20.1. The highest BCUT2D eigenvalue weighted by atomic mass is 16.2. The lowest BCUT2D eigenvalue weighted by Gasteiger charge is -2.18. The zero-order chi connectivity index (χ0) is 25.7. The van der Waals surface area contributed by atoms with Crippen molar-refractivity contribution >= 4 is 35.2 Å². The lowest BCUT2D eigenvalue weighted by atomic mass is 9.88. The van der Waals surface area contributed by atoms with E-state index in [2.05, 4.69) is 32.3 Å². The van der Waals surface area contributed by atoms with Crippen molar-refractivity contribution in [3.05, 3.63) is 95.7 Å². The fourth-order valence-electron chi connectivity index (χ4n) is 3.87. The summed E-state index contributed by atoms with van der Waals surface area (Å²) in [4.78, 5) is 45.4. The number of aliphatic imine (C=N–C) groups is 2. The van der Waals surface area contributed by atoms with Crippen molar-refractivity contribution in [2.45, 2.75) is 26.2 Å². The van der Waals surface area contributed by atoms with E-state index in [0.29, 0.717) is 24.4 Å². The molecule has 182 valence electrons. The first-order valence-corrected chi connectivity index (χ1v) is 11.5. The summed E-state index contributed by atoms with van der Waals surface area (Å²) in [5.41, 5.74) is 3.40. The highest BCUT2D eigenvalue weighted by Crippen LogP contribution is 2.27. The van der Waals surface area contributed by atoms with Crippen LogP contribution >= 0.6 is 0 Å². The van der Waals surface area contributed by atoms with Crippen molar-refractivity contribution in [1.29, 1.82) is 0 Å². The van der Waals surface area contributed by atoms with Gasteiger partial charge in [0.2, 0.25) is 0 Å². The average molecular weight is 483 g/mol. The number of aromatic nitrogens is 2. The molecule has 0 aliphatic carbocycles. The Morgan fingerprint density at radius 3 is 2.14 bits per heavy atom. The van der Waals surface area contributed by atoms with Gasteiger partial charge in [-0.15, -0.1) is 0 Å². The number of benzene rings is 2. The van der Waals surface area contributed by atoms with E-state index in [0.717, 1.165) is 11.1 Å². The molecule has 1 aliphatic heterocycles. The molecular formula is C27H26N6O3. The molecule has 3 amide bonds. The molecule has 1 aromatic heterocycles. The Labute approximate surface area is 208 Å². The number of aryl methyl sites for hydroxylation is 1. The molecule has 0 spiro atoms. The summed E-state index contributed by atoms with van der Waals surface area (Å²) in [6.45, 7) is 7.28. The van der Waals surface area contributed by atoms with Crippen LogP contribution in [0, 0.1) is 6.92 Å². The number of nitrogens with zero attached hydrogens (tertiary/aromatic N) is 4. The first-order valence-electron chi connectivity index (χ1n) is 11.5. The third-order valence-corrected chi connectivity index (χ3v) is 5.76. The SMILES string of the molecule is C=C1C(=O)N=C(n2nc(C)cc2NC(=O)C(=O)NCCC(c2ccccc2)c2ccccc2)N=C1C. The Hall–Kier alpha value is -4.66. The summed E-state index contributed by atoms with van der Waals surface area (Å²) < 4.78 is 1.22. The molecule has 0 atom stereocenters. The maximum atomic E-state index is 12.6. The largest absolute Gasteiger partial charge is 0.348 e. The second-order valence-corrected chi connectivity index (χ2v) is 8.35. The average Bonchev–Trinajstić information content (AvgIpc) is 3.25. The summed E-state index contributed by atoms with van der Waals surface area (Å²) >= 11 is 0. The molecule has 0 saturated heterocycles. The molecule has 2 aromatic carbocycles. The predicted octanol–water partition coefficient (Wildman–Crippen LogP) is 3.23. The maximum Gasteiger partial charge on any atom is 0.314 e. The van der Waals surface area contributed by atoms with Crippen LogP contribution in [0.15, 0.2) is 88.9 Å². The highest BCUT2D eigenvalue weighted by molar-refractivity contribution is 6.39. The van der Waals surface area contributed by atoms with Crippen LogP contribution in [0.25, 0.3) is 0 Å². The van der Waals surface area contributed by atoms with E-state index in [-0.39, 0.29) is 23.3 Å². The molecule has 0 unspecified atom stereocenters. The molecule has 0 bridgehead atoms. The lowest BCUT2D eigenvalue weighted by Crippen LogP contribution is -2.37. The monoisotopic (exact) mass is 482 g/mol. The van der Waals surface area contributed by atoms with Gasteiger partial charge in [0.05, 0.1) is 17.0 Å². The summed E-state index contributed by atoms with van der Waals surface area (Å²) in [6.07, 6.45) is 0.612. The first kappa shape index (κ1) is 24.5. The number of nitrogens with one attached hydrogen (secondary N) is 2. The number of hydrogen-bond acceptors (Lipinski definition) is 5. The van der Waals surface area contributed by atoms with Gasteiger partial charge >= 0.3 is 11.8 Å². The van der Waals surface area contributed by atoms with Crippen LogP contribution in [-0.2, 0) is 14.4 Å². The Morgan fingerprint density at radius 2 is 1.56 bits per heavy atom. The third kappa shape index (κ3) is 5.52. The molecule has 0 radical (unpaired) electrons. The first-order chi connectivity index (χ1) is 17.3. The van der Waals surface area contributed by atoms with Gasteiger partial charge in [0.1, 0.15) is 5.82 Å². The predicted molar refractivity (Wildman–Crippen MR) is 138 cm³/mol. The van der Waals surface area contributed by atoms with Crippen LogP contribution in [-0.4, -0.2) is 45.7 Å². The number of carbonyl (C=O) groups is 3. The van der Waals surface area contributed by atoms with E-state index in [4.69, 9.17) is 0 Å². The van der Waals surface area contributed by atoms with Gasteiger partial charge in [-0.25, -0.2) is 4.99 Å². The number of anilines is 1. The molecule has 36 heavy (non-hydrogen) atoms. The summed E-state index contributed by atoms with van der Waals surface area (Å²) in [5, 5.41) is 9.47. The van der Waals surface area contributed by atoms with Crippen LogP contribution < -0.4 is 10.6 Å². The van der Waals surface area contributed by atoms with Gasteiger partial charge < -0.3 is 10.6 Å². The van der Waals surface area contributed by atoms with Crippen molar-refractivity contribution in [1.82, 2.24) is 15.1 Å². The number of amides is 3. The van der Waals surface area contributed by atoms with Crippen LogP contribution in [0.2, 0.25) is 0 Å². The Bertz CT molecular complexity index is 1330. The smallest absolute Gasteiger partial charge is 0.314 e. The highest BCUT2D eigenvalue weighted by Gasteiger charge is 2.23. The molecule has 9 heteroatoms. The second-order valence-electron chi connectivity index (χ2n) is 8.35. The number of rotatable bonds is 6. The van der Waals surface area contributed by atoms with E-state index in [1.165, 1.54) is 4.68 Å². The minimum atomic E-state index is -0.861. The summed E-state index contributed by atoms with van der Waals surface area (Å²) in [7, 11) is 0. The molecule has 0 saturated carbocycles. The molecule has 2 N–H and O–H groups in total. The van der Waals surface area contributed by atoms with Crippen molar-refractivity contribution in [3.63, 3.8) is 0 Å². The molecule has 3 aromatic rings. The number of carbonyl (C=O) groups excluding carboxylic acids is 3. The maximum absolute atomic E-state index is 12.6. The van der Waals surface area contributed by atoms with E-state index >= 15 is 0 Å². The molecule has 2 heterocycles. The van der Waals surface area contributed by atoms with Crippen LogP contribution in [0.4, 0.5) is 5.82 Å².